The predicted molar refractivity (Wildman–Crippen MR) is 85.3 cm³/mol. The number of nitrogens with one attached hydrogen (secondary N) is 1. The van der Waals surface area contributed by atoms with E-state index in [1.807, 2.05) is 12.1 Å². The van der Waals surface area contributed by atoms with Gasteiger partial charge < -0.3 is 14.5 Å². The Morgan fingerprint density at radius 2 is 1.90 bits per heavy atom. The molecule has 1 heterocycles. The van der Waals surface area contributed by atoms with Crippen molar-refractivity contribution in [3.05, 3.63) is 58.5 Å². The fourth-order valence-electron chi connectivity index (χ4n) is 2.57. The first-order valence-corrected chi connectivity index (χ1v) is 7.54. The van der Waals surface area contributed by atoms with E-state index >= 15 is 0 Å². The van der Waals surface area contributed by atoms with Crippen LogP contribution in [-0.4, -0.2) is 13.2 Å². The van der Waals surface area contributed by atoms with E-state index in [-0.39, 0.29) is 0 Å². The van der Waals surface area contributed by atoms with Crippen LogP contribution in [0.25, 0.3) is 0 Å². The molecular weight excluding hydrogens is 262 g/mol. The number of aryl methyl sites for hydroxylation is 3. The summed E-state index contributed by atoms with van der Waals surface area (Å²) in [5.74, 6) is 0.883. The maximum Gasteiger partial charge on any atom is 0.129 e. The van der Waals surface area contributed by atoms with Crippen molar-refractivity contribution in [2.24, 2.45) is 0 Å². The Labute approximate surface area is 127 Å². The summed E-state index contributed by atoms with van der Waals surface area (Å²) in [6.45, 7) is 9.71. The second kappa shape index (κ2) is 8.01. The molecule has 0 radical (unpaired) electrons. The van der Waals surface area contributed by atoms with E-state index in [4.69, 9.17) is 9.15 Å². The lowest BCUT2D eigenvalue weighted by Crippen LogP contribution is -2.17. The molecule has 0 aliphatic rings. The Kier molecular flexibility index (Phi) is 6.03. The van der Waals surface area contributed by atoms with Crippen molar-refractivity contribution in [1.82, 2.24) is 5.32 Å². The molecule has 1 aromatic carbocycles. The highest BCUT2D eigenvalue weighted by Crippen LogP contribution is 2.15. The van der Waals surface area contributed by atoms with Crippen LogP contribution in [0.4, 0.5) is 0 Å². The smallest absolute Gasteiger partial charge is 0.129 e. The van der Waals surface area contributed by atoms with Crippen molar-refractivity contribution in [3.63, 3.8) is 0 Å². The zero-order valence-corrected chi connectivity index (χ0v) is 13.2. The van der Waals surface area contributed by atoms with Crippen molar-refractivity contribution in [2.75, 3.05) is 13.2 Å². The fourth-order valence-corrected chi connectivity index (χ4v) is 2.57. The molecule has 0 amide bonds. The fraction of sp³-hybridized carbons (Fsp3) is 0.444. The van der Waals surface area contributed by atoms with E-state index in [0.717, 1.165) is 31.9 Å². The predicted octanol–water partition coefficient (Wildman–Crippen LogP) is 3.90. The van der Waals surface area contributed by atoms with E-state index in [2.05, 4.69) is 38.2 Å². The van der Waals surface area contributed by atoms with Gasteiger partial charge in [0.05, 0.1) is 6.26 Å². The molecule has 0 aliphatic heterocycles. The molecule has 2 rings (SSSR count). The van der Waals surface area contributed by atoms with E-state index in [0.29, 0.717) is 6.61 Å². The van der Waals surface area contributed by atoms with Gasteiger partial charge in [-0.1, -0.05) is 17.7 Å². The minimum absolute atomic E-state index is 0.559. The summed E-state index contributed by atoms with van der Waals surface area (Å²) >= 11 is 0. The molecule has 0 atom stereocenters. The molecule has 0 spiro atoms. The summed E-state index contributed by atoms with van der Waals surface area (Å²) in [5.41, 5.74) is 5.49. The summed E-state index contributed by atoms with van der Waals surface area (Å²) < 4.78 is 10.8. The highest BCUT2D eigenvalue weighted by atomic mass is 16.5. The van der Waals surface area contributed by atoms with Gasteiger partial charge in [-0.2, -0.15) is 0 Å². The minimum Gasteiger partial charge on any atom is -0.467 e. The average molecular weight is 287 g/mol. The molecule has 2 aromatic rings. The Morgan fingerprint density at radius 1 is 1.14 bits per heavy atom. The molecule has 0 saturated carbocycles. The van der Waals surface area contributed by atoms with Crippen LogP contribution in [0.5, 0.6) is 0 Å². The van der Waals surface area contributed by atoms with Gasteiger partial charge in [0.25, 0.3) is 0 Å². The van der Waals surface area contributed by atoms with Gasteiger partial charge in [0, 0.05) is 13.2 Å². The molecule has 3 nitrogen and oxygen atoms in total. The molecule has 0 aliphatic carbocycles. The van der Waals surface area contributed by atoms with Gasteiger partial charge in [-0.05, 0) is 62.6 Å². The van der Waals surface area contributed by atoms with Crippen LogP contribution >= 0.6 is 0 Å². The largest absolute Gasteiger partial charge is 0.467 e. The number of hydrogen-bond donors (Lipinski definition) is 1. The standard InChI is InChI=1S/C18H25NO2/c1-14-10-15(2)18(16(3)11-14)12-19-7-5-8-20-13-17-6-4-9-21-17/h4,6,9-11,19H,5,7-8,12-13H2,1-3H3. The van der Waals surface area contributed by atoms with Crippen molar-refractivity contribution < 1.29 is 9.15 Å². The second-order valence-corrected chi connectivity index (χ2v) is 5.54. The van der Waals surface area contributed by atoms with Gasteiger partial charge in [0.15, 0.2) is 0 Å². The molecule has 1 N–H and O–H groups in total. The Balaban J connectivity index is 1.62. The quantitative estimate of drug-likeness (QED) is 0.748. The van der Waals surface area contributed by atoms with Crippen LogP contribution in [0.1, 0.15) is 34.4 Å². The normalized spacial score (nSPS) is 11.0. The van der Waals surface area contributed by atoms with Gasteiger partial charge in [0.2, 0.25) is 0 Å². The first-order valence-electron chi connectivity index (χ1n) is 7.54. The van der Waals surface area contributed by atoms with Gasteiger partial charge in [0.1, 0.15) is 12.4 Å². The van der Waals surface area contributed by atoms with Gasteiger partial charge in [-0.25, -0.2) is 0 Å². The van der Waals surface area contributed by atoms with Crippen LogP contribution in [0.3, 0.4) is 0 Å². The SMILES string of the molecule is Cc1cc(C)c(CNCCCOCc2ccco2)c(C)c1. The second-order valence-electron chi connectivity index (χ2n) is 5.54. The zero-order valence-electron chi connectivity index (χ0n) is 13.2. The minimum atomic E-state index is 0.559. The van der Waals surface area contributed by atoms with E-state index in [1.165, 1.54) is 22.3 Å². The summed E-state index contributed by atoms with van der Waals surface area (Å²) in [5, 5.41) is 3.49. The third kappa shape index (κ3) is 5.03. The number of furan rings is 1. The van der Waals surface area contributed by atoms with Crippen LogP contribution in [0.15, 0.2) is 34.9 Å². The van der Waals surface area contributed by atoms with Crippen LogP contribution in [0, 0.1) is 20.8 Å². The molecule has 21 heavy (non-hydrogen) atoms. The lowest BCUT2D eigenvalue weighted by Gasteiger charge is -2.12. The molecule has 0 fully saturated rings. The maximum atomic E-state index is 5.56. The summed E-state index contributed by atoms with van der Waals surface area (Å²) in [7, 11) is 0. The van der Waals surface area contributed by atoms with Crippen LogP contribution < -0.4 is 5.32 Å². The molecule has 0 bridgehead atoms. The first kappa shape index (κ1) is 15.8. The van der Waals surface area contributed by atoms with Crippen molar-refractivity contribution in [2.45, 2.75) is 40.3 Å². The van der Waals surface area contributed by atoms with Crippen molar-refractivity contribution in [3.8, 4) is 0 Å². The van der Waals surface area contributed by atoms with Gasteiger partial charge in [-0.15, -0.1) is 0 Å². The van der Waals surface area contributed by atoms with Gasteiger partial charge in [-0.3, -0.25) is 0 Å². The zero-order chi connectivity index (χ0) is 15.1. The van der Waals surface area contributed by atoms with E-state index < -0.39 is 0 Å². The monoisotopic (exact) mass is 287 g/mol. The number of hydrogen-bond acceptors (Lipinski definition) is 3. The third-order valence-electron chi connectivity index (χ3n) is 3.61. The van der Waals surface area contributed by atoms with E-state index in [9.17, 15) is 0 Å². The Hall–Kier alpha value is -1.58. The molecular formula is C18H25NO2. The van der Waals surface area contributed by atoms with Crippen molar-refractivity contribution >= 4 is 0 Å². The van der Waals surface area contributed by atoms with Gasteiger partial charge >= 0.3 is 0 Å². The number of benzene rings is 1. The Bertz CT molecular complexity index is 523. The highest BCUT2D eigenvalue weighted by Gasteiger charge is 2.03. The average Bonchev–Trinajstić information content (AvgIpc) is 2.93. The Morgan fingerprint density at radius 3 is 2.57 bits per heavy atom. The van der Waals surface area contributed by atoms with E-state index in [1.54, 1.807) is 6.26 Å². The van der Waals surface area contributed by atoms with Crippen molar-refractivity contribution in [1.29, 1.82) is 0 Å². The lowest BCUT2D eigenvalue weighted by atomic mass is 10.00. The number of ether oxygens (including phenoxy) is 1. The molecule has 3 heteroatoms. The maximum absolute atomic E-state index is 5.56. The third-order valence-corrected chi connectivity index (χ3v) is 3.61. The number of rotatable bonds is 8. The summed E-state index contributed by atoms with van der Waals surface area (Å²) in [6.07, 6.45) is 2.68. The van der Waals surface area contributed by atoms with Crippen LogP contribution in [0.2, 0.25) is 0 Å². The van der Waals surface area contributed by atoms with Crippen LogP contribution in [-0.2, 0) is 17.9 Å². The summed E-state index contributed by atoms with van der Waals surface area (Å²) in [4.78, 5) is 0. The topological polar surface area (TPSA) is 34.4 Å². The molecule has 0 saturated heterocycles. The summed E-state index contributed by atoms with van der Waals surface area (Å²) in [6, 6.07) is 8.31. The lowest BCUT2D eigenvalue weighted by molar-refractivity contribution is 0.104. The molecule has 114 valence electrons. The highest BCUT2D eigenvalue weighted by molar-refractivity contribution is 5.37. The molecule has 0 unspecified atom stereocenters. The molecule has 1 aromatic heterocycles. The first-order chi connectivity index (χ1) is 10.2.